The van der Waals surface area contributed by atoms with Gasteiger partial charge in [-0.25, -0.2) is 0 Å². The molecule has 0 saturated heterocycles. The Labute approximate surface area is 185 Å². The first-order chi connectivity index (χ1) is 15.4. The molecule has 0 spiro atoms. The molecule has 0 aliphatic rings. The number of carbonyl (C=O) groups is 2. The average molecular weight is 429 g/mol. The van der Waals surface area contributed by atoms with Crippen molar-refractivity contribution in [1.82, 2.24) is 9.78 Å². The summed E-state index contributed by atoms with van der Waals surface area (Å²) in [6, 6.07) is 20.1. The number of nitrogens with zero attached hydrogens (tertiary/aromatic N) is 2. The van der Waals surface area contributed by atoms with E-state index in [1.54, 1.807) is 28.9 Å². The molecular weight excluding hydrogens is 406 g/mol. The molecular formula is C25H23N3O4. The molecule has 4 aromatic rings. The minimum atomic E-state index is -0.430. The standard InChI is InChI=1S/C25H23N3O4/c1-16(2)23-22(25(32-17(3)29)28(27-23)20-8-5-4-6-9-20)18-11-13-19(14-12-18)26-24(30)21-10-7-15-31-21/h4-16H,1-3H3,(H,26,30). The second kappa shape index (κ2) is 8.93. The number of rotatable bonds is 6. The Kier molecular flexibility index (Phi) is 5.89. The summed E-state index contributed by atoms with van der Waals surface area (Å²) < 4.78 is 12.4. The van der Waals surface area contributed by atoms with Crippen LogP contribution in [-0.2, 0) is 4.79 Å². The van der Waals surface area contributed by atoms with Gasteiger partial charge >= 0.3 is 5.97 Å². The van der Waals surface area contributed by atoms with Gasteiger partial charge in [0.1, 0.15) is 0 Å². The van der Waals surface area contributed by atoms with Crippen molar-refractivity contribution in [2.75, 3.05) is 5.32 Å². The molecule has 0 atom stereocenters. The van der Waals surface area contributed by atoms with Gasteiger partial charge in [0, 0.05) is 12.6 Å². The highest BCUT2D eigenvalue weighted by Gasteiger charge is 2.25. The number of hydrogen-bond acceptors (Lipinski definition) is 5. The van der Waals surface area contributed by atoms with Gasteiger partial charge in [-0.15, -0.1) is 0 Å². The van der Waals surface area contributed by atoms with Gasteiger partial charge in [-0.3, -0.25) is 9.59 Å². The first-order valence-electron chi connectivity index (χ1n) is 10.3. The van der Waals surface area contributed by atoms with E-state index in [-0.39, 0.29) is 17.6 Å². The SMILES string of the molecule is CC(=O)Oc1c(-c2ccc(NC(=O)c3ccco3)cc2)c(C(C)C)nn1-c1ccccc1. The number of hydrogen-bond donors (Lipinski definition) is 1. The van der Waals surface area contributed by atoms with Crippen molar-refractivity contribution in [3.05, 3.63) is 84.4 Å². The predicted octanol–water partition coefficient (Wildman–Crippen LogP) is 5.43. The minimum absolute atomic E-state index is 0.0857. The van der Waals surface area contributed by atoms with Gasteiger partial charge in [0.2, 0.25) is 5.88 Å². The van der Waals surface area contributed by atoms with Crippen molar-refractivity contribution >= 4 is 17.6 Å². The van der Waals surface area contributed by atoms with Gasteiger partial charge in [0.05, 0.1) is 23.2 Å². The highest BCUT2D eigenvalue weighted by Crippen LogP contribution is 2.39. The Balaban J connectivity index is 1.75. The van der Waals surface area contributed by atoms with Gasteiger partial charge in [0.15, 0.2) is 5.76 Å². The second-order valence-corrected chi connectivity index (χ2v) is 7.57. The van der Waals surface area contributed by atoms with E-state index in [2.05, 4.69) is 5.32 Å². The van der Waals surface area contributed by atoms with E-state index in [0.717, 1.165) is 22.5 Å². The fraction of sp³-hybridized carbons (Fsp3) is 0.160. The molecule has 7 heteroatoms. The molecule has 1 N–H and O–H groups in total. The summed E-state index contributed by atoms with van der Waals surface area (Å²) in [6.07, 6.45) is 1.45. The lowest BCUT2D eigenvalue weighted by atomic mass is 9.99. The van der Waals surface area contributed by atoms with Crippen molar-refractivity contribution in [2.24, 2.45) is 0 Å². The van der Waals surface area contributed by atoms with Crippen LogP contribution >= 0.6 is 0 Å². The Hall–Kier alpha value is -4.13. The molecule has 0 aliphatic carbocycles. The molecule has 2 aromatic carbocycles. The highest BCUT2D eigenvalue weighted by atomic mass is 16.5. The number of benzene rings is 2. The first kappa shape index (κ1) is 21.1. The number of amides is 1. The van der Waals surface area contributed by atoms with Gasteiger partial charge in [0.25, 0.3) is 5.91 Å². The lowest BCUT2D eigenvalue weighted by molar-refractivity contribution is -0.132. The summed E-state index contributed by atoms with van der Waals surface area (Å²) in [6.45, 7) is 5.45. The number of nitrogens with one attached hydrogen (secondary N) is 1. The third kappa shape index (κ3) is 4.32. The Bertz CT molecular complexity index is 1220. The lowest BCUT2D eigenvalue weighted by Gasteiger charge is -2.11. The van der Waals surface area contributed by atoms with E-state index in [1.165, 1.54) is 13.2 Å². The molecule has 0 bridgehead atoms. The number of furan rings is 1. The zero-order chi connectivity index (χ0) is 22.7. The highest BCUT2D eigenvalue weighted by molar-refractivity contribution is 6.02. The van der Waals surface area contributed by atoms with Crippen LogP contribution in [0.3, 0.4) is 0 Å². The minimum Gasteiger partial charge on any atom is -0.459 e. The van der Waals surface area contributed by atoms with Gasteiger partial charge in [-0.05, 0) is 47.9 Å². The number of aromatic nitrogens is 2. The van der Waals surface area contributed by atoms with E-state index >= 15 is 0 Å². The quantitative estimate of drug-likeness (QED) is 0.413. The maximum atomic E-state index is 12.2. The second-order valence-electron chi connectivity index (χ2n) is 7.57. The van der Waals surface area contributed by atoms with Crippen LogP contribution in [0.15, 0.2) is 77.4 Å². The van der Waals surface area contributed by atoms with E-state index in [1.807, 2.05) is 56.3 Å². The van der Waals surface area contributed by atoms with Crippen LogP contribution in [-0.4, -0.2) is 21.7 Å². The third-order valence-electron chi connectivity index (χ3n) is 4.83. The Morgan fingerprint density at radius 1 is 1.00 bits per heavy atom. The molecule has 32 heavy (non-hydrogen) atoms. The summed E-state index contributed by atoms with van der Waals surface area (Å²) in [5.41, 5.74) is 3.77. The van der Waals surface area contributed by atoms with E-state index in [0.29, 0.717) is 11.6 Å². The van der Waals surface area contributed by atoms with Crippen molar-refractivity contribution in [2.45, 2.75) is 26.7 Å². The van der Waals surface area contributed by atoms with Crippen LogP contribution in [0.1, 0.15) is 42.9 Å². The molecule has 0 saturated carbocycles. The van der Waals surface area contributed by atoms with E-state index in [9.17, 15) is 9.59 Å². The van der Waals surface area contributed by atoms with Crippen molar-refractivity contribution < 1.29 is 18.7 Å². The van der Waals surface area contributed by atoms with Crippen LogP contribution in [0.2, 0.25) is 0 Å². The first-order valence-corrected chi connectivity index (χ1v) is 10.3. The lowest BCUT2D eigenvalue weighted by Crippen LogP contribution is -2.10. The normalized spacial score (nSPS) is 10.9. The summed E-state index contributed by atoms with van der Waals surface area (Å²) in [5, 5.41) is 7.57. The molecule has 4 rings (SSSR count). The van der Waals surface area contributed by atoms with Crippen molar-refractivity contribution in [3.63, 3.8) is 0 Å². The van der Waals surface area contributed by atoms with Crippen molar-refractivity contribution in [3.8, 4) is 22.7 Å². The topological polar surface area (TPSA) is 86.4 Å². The van der Waals surface area contributed by atoms with Crippen molar-refractivity contribution in [1.29, 1.82) is 0 Å². The monoisotopic (exact) mass is 429 g/mol. The number of para-hydroxylation sites is 1. The third-order valence-corrected chi connectivity index (χ3v) is 4.83. The molecule has 0 aliphatic heterocycles. The molecule has 7 nitrogen and oxygen atoms in total. The molecule has 0 fully saturated rings. The molecule has 0 radical (unpaired) electrons. The summed E-state index contributed by atoms with van der Waals surface area (Å²) in [4.78, 5) is 24.2. The van der Waals surface area contributed by atoms with Gasteiger partial charge in [-0.2, -0.15) is 9.78 Å². The summed E-state index contributed by atoms with van der Waals surface area (Å²) >= 11 is 0. The maximum absolute atomic E-state index is 12.2. The largest absolute Gasteiger partial charge is 0.459 e. The van der Waals surface area contributed by atoms with Gasteiger partial charge < -0.3 is 14.5 Å². The average Bonchev–Trinajstić information content (AvgIpc) is 3.43. The molecule has 0 unspecified atom stereocenters. The fourth-order valence-electron chi connectivity index (χ4n) is 3.39. The van der Waals surface area contributed by atoms with Crippen LogP contribution in [0.25, 0.3) is 16.8 Å². The van der Waals surface area contributed by atoms with Crippen LogP contribution in [0.4, 0.5) is 5.69 Å². The molecule has 2 aromatic heterocycles. The number of ether oxygens (including phenoxy) is 1. The van der Waals surface area contributed by atoms with Crippen LogP contribution in [0.5, 0.6) is 5.88 Å². The van der Waals surface area contributed by atoms with E-state index < -0.39 is 5.97 Å². The summed E-state index contributed by atoms with van der Waals surface area (Å²) in [7, 11) is 0. The molecule has 2 heterocycles. The van der Waals surface area contributed by atoms with E-state index in [4.69, 9.17) is 14.3 Å². The zero-order valence-corrected chi connectivity index (χ0v) is 18.0. The maximum Gasteiger partial charge on any atom is 0.309 e. The fourth-order valence-corrected chi connectivity index (χ4v) is 3.39. The Morgan fingerprint density at radius 2 is 1.72 bits per heavy atom. The number of esters is 1. The molecule has 162 valence electrons. The number of carbonyl (C=O) groups excluding carboxylic acids is 2. The predicted molar refractivity (Wildman–Crippen MR) is 121 cm³/mol. The van der Waals surface area contributed by atoms with Crippen LogP contribution < -0.4 is 10.1 Å². The zero-order valence-electron chi connectivity index (χ0n) is 18.0. The molecule has 1 amide bonds. The Morgan fingerprint density at radius 3 is 2.31 bits per heavy atom. The number of anilines is 1. The smallest absolute Gasteiger partial charge is 0.309 e. The summed E-state index contributed by atoms with van der Waals surface area (Å²) in [5.74, 6) is -0.0797. The van der Waals surface area contributed by atoms with Gasteiger partial charge in [-0.1, -0.05) is 44.2 Å². The van der Waals surface area contributed by atoms with Crippen LogP contribution in [0, 0.1) is 0 Å².